The highest BCUT2D eigenvalue weighted by molar-refractivity contribution is 5.80. The standard InChI is InChI=1S/C21H23N3O4/c1-4-23(13-15-9-10-18(27-2)19(11-15)28-3)21(26)14-24-17-8-6-5-7-16(17)22-12-20(24)25/h5-12H,4,13-14H2,1-3H3. The van der Waals surface area contributed by atoms with Gasteiger partial charge in [0, 0.05) is 13.1 Å². The fourth-order valence-corrected chi connectivity index (χ4v) is 3.09. The lowest BCUT2D eigenvalue weighted by atomic mass is 10.2. The highest BCUT2D eigenvalue weighted by atomic mass is 16.5. The molecule has 28 heavy (non-hydrogen) atoms. The molecule has 0 bridgehead atoms. The minimum Gasteiger partial charge on any atom is -0.493 e. The zero-order valence-electron chi connectivity index (χ0n) is 16.2. The van der Waals surface area contributed by atoms with Gasteiger partial charge in [-0.2, -0.15) is 0 Å². The van der Waals surface area contributed by atoms with E-state index in [1.54, 1.807) is 25.2 Å². The van der Waals surface area contributed by atoms with Crippen molar-refractivity contribution in [1.29, 1.82) is 0 Å². The average molecular weight is 381 g/mol. The van der Waals surface area contributed by atoms with Crippen LogP contribution in [0.15, 0.2) is 53.5 Å². The van der Waals surface area contributed by atoms with Gasteiger partial charge in [-0.3, -0.25) is 14.2 Å². The minimum absolute atomic E-state index is 0.0387. The number of carbonyl (C=O) groups is 1. The largest absolute Gasteiger partial charge is 0.493 e. The van der Waals surface area contributed by atoms with Gasteiger partial charge in [0.15, 0.2) is 11.5 Å². The van der Waals surface area contributed by atoms with Gasteiger partial charge >= 0.3 is 0 Å². The van der Waals surface area contributed by atoms with Crippen LogP contribution in [0.1, 0.15) is 12.5 Å². The third-order valence-electron chi connectivity index (χ3n) is 4.60. The molecule has 0 saturated carbocycles. The second-order valence-corrected chi connectivity index (χ2v) is 6.27. The molecule has 7 heteroatoms. The lowest BCUT2D eigenvalue weighted by Gasteiger charge is -2.22. The Hall–Kier alpha value is -3.35. The zero-order valence-corrected chi connectivity index (χ0v) is 16.2. The molecule has 0 aliphatic carbocycles. The van der Waals surface area contributed by atoms with Crippen LogP contribution in [0.25, 0.3) is 11.0 Å². The molecule has 1 aromatic heterocycles. The number of fused-ring (bicyclic) bond motifs is 1. The summed E-state index contributed by atoms with van der Waals surface area (Å²) in [6, 6.07) is 12.8. The van der Waals surface area contributed by atoms with Crippen LogP contribution in [0.2, 0.25) is 0 Å². The van der Waals surface area contributed by atoms with Crippen molar-refractivity contribution < 1.29 is 14.3 Å². The summed E-state index contributed by atoms with van der Waals surface area (Å²) >= 11 is 0. The van der Waals surface area contributed by atoms with E-state index < -0.39 is 0 Å². The summed E-state index contributed by atoms with van der Waals surface area (Å²) in [5.74, 6) is 1.10. The highest BCUT2D eigenvalue weighted by Crippen LogP contribution is 2.28. The Morgan fingerprint density at radius 2 is 1.86 bits per heavy atom. The van der Waals surface area contributed by atoms with Gasteiger partial charge in [-0.25, -0.2) is 4.98 Å². The van der Waals surface area contributed by atoms with Crippen LogP contribution >= 0.6 is 0 Å². The molecule has 7 nitrogen and oxygen atoms in total. The number of amides is 1. The van der Waals surface area contributed by atoms with Crippen LogP contribution in [-0.4, -0.2) is 41.1 Å². The van der Waals surface area contributed by atoms with Crippen molar-refractivity contribution in [3.05, 3.63) is 64.6 Å². The first-order valence-corrected chi connectivity index (χ1v) is 9.00. The van der Waals surface area contributed by atoms with E-state index in [1.165, 1.54) is 10.8 Å². The topological polar surface area (TPSA) is 73.7 Å². The van der Waals surface area contributed by atoms with E-state index in [0.29, 0.717) is 35.6 Å². The van der Waals surface area contributed by atoms with Gasteiger partial charge in [-0.15, -0.1) is 0 Å². The van der Waals surface area contributed by atoms with E-state index in [4.69, 9.17) is 9.47 Å². The third kappa shape index (κ3) is 3.98. The SMILES string of the molecule is CCN(Cc1ccc(OC)c(OC)c1)C(=O)Cn1c(=O)cnc2ccccc21. The van der Waals surface area contributed by atoms with Gasteiger partial charge < -0.3 is 14.4 Å². The maximum Gasteiger partial charge on any atom is 0.269 e. The summed E-state index contributed by atoms with van der Waals surface area (Å²) in [4.78, 5) is 31.0. The Morgan fingerprint density at radius 1 is 1.11 bits per heavy atom. The molecule has 1 amide bonds. The molecule has 0 N–H and O–H groups in total. The summed E-state index contributed by atoms with van der Waals surface area (Å²) in [5, 5.41) is 0. The summed E-state index contributed by atoms with van der Waals surface area (Å²) in [5.41, 5.74) is 1.94. The van der Waals surface area contributed by atoms with Crippen molar-refractivity contribution in [2.24, 2.45) is 0 Å². The molecule has 0 aliphatic heterocycles. The molecule has 0 atom stereocenters. The number of rotatable bonds is 7. The lowest BCUT2D eigenvalue weighted by molar-refractivity contribution is -0.132. The number of likely N-dealkylation sites (N-methyl/N-ethyl adjacent to an activating group) is 1. The van der Waals surface area contributed by atoms with Gasteiger partial charge in [-0.1, -0.05) is 18.2 Å². The van der Waals surface area contributed by atoms with Gasteiger partial charge in [0.25, 0.3) is 5.56 Å². The predicted molar refractivity (Wildman–Crippen MR) is 107 cm³/mol. The normalized spacial score (nSPS) is 10.7. The zero-order chi connectivity index (χ0) is 20.1. The van der Waals surface area contributed by atoms with Crippen LogP contribution in [-0.2, 0) is 17.9 Å². The molecule has 2 aromatic carbocycles. The molecule has 0 aliphatic rings. The summed E-state index contributed by atoms with van der Waals surface area (Å²) in [7, 11) is 3.15. The molecule has 0 unspecified atom stereocenters. The van der Waals surface area contributed by atoms with E-state index in [2.05, 4.69) is 4.98 Å². The van der Waals surface area contributed by atoms with E-state index in [0.717, 1.165) is 5.56 Å². The van der Waals surface area contributed by atoms with Gasteiger partial charge in [-0.05, 0) is 36.8 Å². The fraction of sp³-hybridized carbons (Fsp3) is 0.286. The number of benzene rings is 2. The number of hydrogen-bond donors (Lipinski definition) is 0. The lowest BCUT2D eigenvalue weighted by Crippen LogP contribution is -2.36. The molecule has 3 aromatic rings. The van der Waals surface area contributed by atoms with Gasteiger partial charge in [0.2, 0.25) is 5.91 Å². The molecule has 3 rings (SSSR count). The van der Waals surface area contributed by atoms with Crippen molar-refractivity contribution in [3.8, 4) is 11.5 Å². The maximum absolute atomic E-state index is 12.9. The Bertz CT molecular complexity index is 1050. The van der Waals surface area contributed by atoms with Crippen molar-refractivity contribution >= 4 is 16.9 Å². The Balaban J connectivity index is 1.83. The van der Waals surface area contributed by atoms with Crippen LogP contribution in [0.5, 0.6) is 11.5 Å². The number of para-hydroxylation sites is 2. The number of aromatic nitrogens is 2. The van der Waals surface area contributed by atoms with Crippen molar-refractivity contribution in [2.75, 3.05) is 20.8 Å². The average Bonchev–Trinajstić information content (AvgIpc) is 2.73. The number of methoxy groups -OCH3 is 2. The Morgan fingerprint density at radius 3 is 2.57 bits per heavy atom. The quantitative estimate of drug-likeness (QED) is 0.629. The number of hydrogen-bond acceptors (Lipinski definition) is 5. The number of ether oxygens (including phenoxy) is 2. The van der Waals surface area contributed by atoms with Crippen molar-refractivity contribution in [1.82, 2.24) is 14.5 Å². The molecule has 0 radical (unpaired) electrons. The molecular weight excluding hydrogens is 358 g/mol. The molecular formula is C21H23N3O4. The molecule has 0 fully saturated rings. The van der Waals surface area contributed by atoms with E-state index >= 15 is 0 Å². The molecule has 0 saturated heterocycles. The first-order valence-electron chi connectivity index (χ1n) is 9.00. The third-order valence-corrected chi connectivity index (χ3v) is 4.60. The number of nitrogens with zero attached hydrogens (tertiary/aromatic N) is 3. The highest BCUT2D eigenvalue weighted by Gasteiger charge is 2.16. The Labute approximate surface area is 163 Å². The van der Waals surface area contributed by atoms with E-state index in [9.17, 15) is 9.59 Å². The number of carbonyl (C=O) groups excluding carboxylic acids is 1. The Kier molecular flexibility index (Phi) is 5.93. The minimum atomic E-state index is -0.297. The first-order chi connectivity index (χ1) is 13.6. The van der Waals surface area contributed by atoms with E-state index in [-0.39, 0.29) is 18.0 Å². The van der Waals surface area contributed by atoms with Gasteiger partial charge in [0.05, 0.1) is 31.4 Å². The monoisotopic (exact) mass is 381 g/mol. The molecule has 1 heterocycles. The second-order valence-electron chi connectivity index (χ2n) is 6.27. The summed E-state index contributed by atoms with van der Waals surface area (Å²) in [6.45, 7) is 2.80. The molecule has 146 valence electrons. The maximum atomic E-state index is 12.9. The second kappa shape index (κ2) is 8.56. The summed E-state index contributed by atoms with van der Waals surface area (Å²) < 4.78 is 12.0. The van der Waals surface area contributed by atoms with Crippen LogP contribution < -0.4 is 15.0 Å². The van der Waals surface area contributed by atoms with Gasteiger partial charge in [0.1, 0.15) is 6.54 Å². The van der Waals surface area contributed by atoms with Crippen molar-refractivity contribution in [2.45, 2.75) is 20.0 Å². The van der Waals surface area contributed by atoms with Crippen LogP contribution in [0.3, 0.4) is 0 Å². The molecule has 0 spiro atoms. The van der Waals surface area contributed by atoms with Crippen LogP contribution in [0.4, 0.5) is 0 Å². The first kappa shape index (κ1) is 19.4. The summed E-state index contributed by atoms with van der Waals surface area (Å²) in [6.07, 6.45) is 1.25. The predicted octanol–water partition coefficient (Wildman–Crippen LogP) is 2.46. The van der Waals surface area contributed by atoms with E-state index in [1.807, 2.05) is 43.3 Å². The van der Waals surface area contributed by atoms with Crippen LogP contribution in [0, 0.1) is 0 Å². The fourth-order valence-electron chi connectivity index (χ4n) is 3.09. The smallest absolute Gasteiger partial charge is 0.269 e. The van der Waals surface area contributed by atoms with Crippen molar-refractivity contribution in [3.63, 3.8) is 0 Å².